The third kappa shape index (κ3) is 27.6. The van der Waals surface area contributed by atoms with Crippen LogP contribution >= 0.6 is 0 Å². The molecule has 2 saturated heterocycles. The summed E-state index contributed by atoms with van der Waals surface area (Å²) >= 11 is 0. The van der Waals surface area contributed by atoms with Crippen molar-refractivity contribution in [1.82, 2.24) is 0 Å². The zero-order valence-corrected chi connectivity index (χ0v) is 78.5. The minimum atomic E-state index is -1.51. The van der Waals surface area contributed by atoms with Crippen LogP contribution in [0.1, 0.15) is 147 Å². The zero-order chi connectivity index (χ0) is 103. The van der Waals surface area contributed by atoms with Gasteiger partial charge in [0.25, 0.3) is 17.7 Å². The molecule has 0 bridgehead atoms. The Morgan fingerprint density at radius 3 is 1.10 bits per heavy atom. The number of hydrogen-bond donors (Lipinski definition) is 16. The summed E-state index contributed by atoms with van der Waals surface area (Å²) in [6.45, 7) is 22.2. The molecule has 0 saturated carbocycles. The lowest BCUT2D eigenvalue weighted by atomic mass is 9.89. The minimum Gasteiger partial charge on any atom is -0.508 e. The normalized spacial score (nSPS) is 17.0. The number of phenolic OH excluding ortho intramolecular Hbond substituents is 6. The van der Waals surface area contributed by atoms with Crippen LogP contribution in [0.15, 0.2) is 247 Å². The topological polar surface area (TPSA) is 614 Å². The van der Waals surface area contributed by atoms with Crippen molar-refractivity contribution >= 4 is 103 Å². The van der Waals surface area contributed by atoms with Crippen LogP contribution in [-0.2, 0) is 54.1 Å². The van der Waals surface area contributed by atoms with E-state index in [9.17, 15) is 88.8 Å². The van der Waals surface area contributed by atoms with Crippen molar-refractivity contribution in [3.63, 3.8) is 0 Å². The van der Waals surface area contributed by atoms with Gasteiger partial charge in [-0.25, -0.2) is 33.6 Å². The number of carboxylic acids is 1. The Morgan fingerprint density at radius 2 is 0.729 bits per heavy atom. The van der Waals surface area contributed by atoms with Gasteiger partial charge in [-0.15, -0.1) is 0 Å². The van der Waals surface area contributed by atoms with Crippen LogP contribution in [0.5, 0.6) is 51.7 Å². The predicted octanol–water partition coefficient (Wildman–Crippen LogP) is 14.6. The van der Waals surface area contributed by atoms with Crippen LogP contribution in [0.2, 0.25) is 0 Å². The van der Waals surface area contributed by atoms with Gasteiger partial charge in [0, 0.05) is 71.3 Å². The van der Waals surface area contributed by atoms with Crippen LogP contribution in [0.3, 0.4) is 0 Å². The van der Waals surface area contributed by atoms with Crippen LogP contribution in [-0.4, -0.2) is 162 Å². The Bertz CT molecular complexity index is 7050. The van der Waals surface area contributed by atoms with Gasteiger partial charge in [0.2, 0.25) is 12.6 Å². The van der Waals surface area contributed by atoms with E-state index in [1.165, 1.54) is 142 Å². The quantitative estimate of drug-likeness (QED) is 0.0209. The number of aliphatic hydroxyl groups excluding tert-OH is 2. The third-order valence-corrected chi connectivity index (χ3v) is 21.6. The molecule has 4 aromatic heterocycles. The van der Waals surface area contributed by atoms with E-state index >= 15 is 0 Å². The van der Waals surface area contributed by atoms with Gasteiger partial charge in [0.05, 0.1) is 22.2 Å². The lowest BCUT2D eigenvalue weighted by molar-refractivity contribution is -0.304. The van der Waals surface area contributed by atoms with E-state index in [1.807, 2.05) is 79.7 Å². The number of nitrogens with one attached hydrogen (secondary N) is 3. The number of primary amides is 2. The average molecular weight is 1930 g/mol. The zero-order valence-electron chi connectivity index (χ0n) is 78.5. The average Bonchev–Trinajstić information content (AvgIpc) is 0.771. The second-order valence-corrected chi connectivity index (χ2v) is 34.3. The summed E-state index contributed by atoms with van der Waals surface area (Å²) in [5.41, 5.74) is 18.2. The van der Waals surface area contributed by atoms with Gasteiger partial charge in [0.1, 0.15) is 97.6 Å². The summed E-state index contributed by atoms with van der Waals surface area (Å²) in [6, 6.07) is 39.5. The van der Waals surface area contributed by atoms with Gasteiger partial charge in [-0.2, -0.15) is 0 Å². The molecule has 19 N–H and O–H groups in total. The molecule has 0 spiro atoms. The number of nitrogens with two attached hydrogens (primary N) is 3. The highest BCUT2D eigenvalue weighted by Crippen LogP contribution is 2.40. The number of fused-ring (bicyclic) bond motifs is 4. The molecule has 14 rings (SSSR count). The molecule has 38 nitrogen and oxygen atoms in total. The molecule has 2 fully saturated rings. The van der Waals surface area contributed by atoms with Gasteiger partial charge in [0.15, 0.2) is 35.9 Å². The predicted molar refractivity (Wildman–Crippen MR) is 517 cm³/mol. The number of anilines is 4. The molecule has 2 aliphatic heterocycles. The van der Waals surface area contributed by atoms with E-state index < -0.39 is 130 Å². The number of phenols is 6. The molecule has 140 heavy (non-hydrogen) atoms. The summed E-state index contributed by atoms with van der Waals surface area (Å²) < 4.78 is 65.1. The molecule has 738 valence electrons. The highest BCUT2D eigenvalue weighted by molar-refractivity contribution is 6.08. The third-order valence-electron chi connectivity index (χ3n) is 21.6. The van der Waals surface area contributed by atoms with E-state index in [-0.39, 0.29) is 102 Å². The van der Waals surface area contributed by atoms with Crippen molar-refractivity contribution in [2.24, 2.45) is 11.5 Å². The number of methoxy groups -OCH3 is 2. The van der Waals surface area contributed by atoms with Crippen molar-refractivity contribution in [2.45, 2.75) is 169 Å². The monoisotopic (exact) mass is 1930 g/mol. The molecule has 0 aliphatic carbocycles. The Balaban J connectivity index is 0.000000192. The number of rotatable bonds is 23. The fraction of sp³-hybridized carbons (Fsp3) is 0.275. The first-order chi connectivity index (χ1) is 66.0. The Labute approximate surface area is 798 Å². The maximum Gasteiger partial charge on any atom is 0.404 e. The molecule has 2 aliphatic rings. The van der Waals surface area contributed by atoms with Crippen LogP contribution < -0.4 is 65.1 Å². The smallest absolute Gasteiger partial charge is 0.404 e. The summed E-state index contributed by atoms with van der Waals surface area (Å²) in [5.74, 6) is -2.63. The van der Waals surface area contributed by atoms with Gasteiger partial charge in [-0.05, 0) is 271 Å². The molecule has 8 atom stereocenters. The largest absolute Gasteiger partial charge is 0.508 e. The molecule has 2 unspecified atom stereocenters. The minimum absolute atomic E-state index is 0.00267. The van der Waals surface area contributed by atoms with Crippen LogP contribution in [0.25, 0.3) is 43.9 Å². The highest BCUT2D eigenvalue weighted by atomic mass is 16.7. The van der Waals surface area contributed by atoms with Crippen molar-refractivity contribution in [3.05, 3.63) is 297 Å². The Morgan fingerprint density at radius 1 is 0.400 bits per heavy atom. The second kappa shape index (κ2) is 46.1. The summed E-state index contributed by atoms with van der Waals surface area (Å²) in [7, 11) is 2.75. The molecule has 8 aromatic carbocycles. The maximum absolute atomic E-state index is 12.9. The standard InChI is InChI=1S/C30H34N2O11.C30H34N2O10.C21H19NO5.C12H14O3.C9H7NO3/c1-14(2)6-7-15-12-16(8-11-19(15)33)26(36)32-21-22(34)18-10-9-17(13-20(18)41-27(21)37)40-28-23(35)24(42-29(31)38)25(39-5)30(3,4)43-28;1-15(2)6-7-16-12-18(9-11-21(16)33)26(35)32-20-13-17-8-10-19(14-22(17)40-27(20)36)39-28-23(34)24(41-29(31)37)25(38-5)30(3,4)42-28;1-12(2)3-4-13-9-15(6-8-18(13)24)20(25)22-17-10-14-5-7-16(23)11-19(14)27-21(17)26;1-8(2)3-4-9-7-10(12(14)15)5-6-11(9)13;10-7-3-5-1-2-6(11)4-8(5)13-9(7)12/h6,8-13,23-25,28,33-35H,7H2,1-5H3,(H2,31,38)(H,32,36);6,8-14,23-25,28,33-34H,7H2,1-5H3,(H2,31,37)(H,32,35);3,5-11,23-24H,4H2,1-2H3,(H,22,25);3,5-7,13H,4H2,1-2H3,(H,14,15);1-4,11H,10H2/t2*23-,24+,25+,28?;;;/m00.../s1. The molecule has 6 heterocycles. The second-order valence-electron chi connectivity index (χ2n) is 34.3. The van der Waals surface area contributed by atoms with Gasteiger partial charge < -0.3 is 140 Å². The number of carboxylic acid groups (broad SMARTS) is 1. The fourth-order valence-corrected chi connectivity index (χ4v) is 14.4. The number of benzene rings is 8. The van der Waals surface area contributed by atoms with Crippen molar-refractivity contribution in [3.8, 4) is 51.7 Å². The Hall–Kier alpha value is -16.3. The lowest BCUT2D eigenvalue weighted by Crippen LogP contribution is -2.65. The van der Waals surface area contributed by atoms with Gasteiger partial charge in [-0.3, -0.25) is 14.4 Å². The van der Waals surface area contributed by atoms with E-state index in [0.29, 0.717) is 75.2 Å². The molecular formula is C102H108N6O32. The molecule has 38 heteroatoms. The van der Waals surface area contributed by atoms with Crippen molar-refractivity contribution < 1.29 is 135 Å². The molecule has 12 aromatic rings. The number of carbonyl (C=O) groups is 6. The number of amides is 5. The van der Waals surface area contributed by atoms with E-state index in [1.54, 1.807) is 64.1 Å². The number of ether oxygens (including phenoxy) is 8. The fourth-order valence-electron chi connectivity index (χ4n) is 14.4. The first-order valence-corrected chi connectivity index (χ1v) is 43.2. The molecular weight excluding hydrogens is 1820 g/mol. The first kappa shape index (κ1) is 106. The number of carbonyl (C=O) groups excluding carboxylic acids is 5. The van der Waals surface area contributed by atoms with Crippen molar-refractivity contribution in [1.29, 1.82) is 0 Å². The summed E-state index contributed by atoms with van der Waals surface area (Å²) in [6.07, 6.45) is -2.33. The number of aromatic carboxylic acids is 1. The summed E-state index contributed by atoms with van der Waals surface area (Å²) in [4.78, 5) is 121. The number of aromatic hydroxyl groups is 7. The SMILES string of the molecule is CC(C)=CCc1cc(C(=O)Nc2cc3ccc(O)cc3oc2=O)ccc1O.CC(C)=CCc1cc(C(=O)O)ccc1O.CO[C@@H]1[C@H](OC(N)=O)[C@H](O)C(Oc2ccc3c(O)c(NC(=O)c4ccc(O)c(CC=C(C)C)c4)c(=O)oc3c2)OC1(C)C.CO[C@@H]1[C@H](OC(N)=O)[C@H](O)C(Oc2ccc3cc(NC(=O)c4ccc(O)c(CC=C(C)C)c4)c(=O)oc3c2)OC1(C)C.Nc1cc2ccc(O)cc2oc1=O. The summed E-state index contributed by atoms with van der Waals surface area (Å²) in [5, 5.41) is 109. The molecule has 0 radical (unpaired) electrons. The Kier molecular flexibility index (Phi) is 34.8. The van der Waals surface area contributed by atoms with Crippen LogP contribution in [0, 0.1) is 0 Å². The lowest BCUT2D eigenvalue weighted by Gasteiger charge is -2.47. The first-order valence-electron chi connectivity index (χ1n) is 43.2. The van der Waals surface area contributed by atoms with Crippen LogP contribution in [0.4, 0.5) is 32.3 Å². The van der Waals surface area contributed by atoms with E-state index in [0.717, 1.165) is 22.3 Å². The van der Waals surface area contributed by atoms with E-state index in [2.05, 4.69) is 16.0 Å². The number of aliphatic hydroxyl groups is 2. The number of hydrogen-bond acceptors (Lipinski definition) is 32. The number of allylic oxidation sites excluding steroid dienone is 8. The highest BCUT2D eigenvalue weighted by Gasteiger charge is 2.55. The van der Waals surface area contributed by atoms with Gasteiger partial charge >= 0.3 is 40.7 Å². The molecule has 5 amide bonds. The van der Waals surface area contributed by atoms with E-state index in [4.69, 9.17) is 83.0 Å². The van der Waals surface area contributed by atoms with Crippen molar-refractivity contribution in [2.75, 3.05) is 35.9 Å². The maximum atomic E-state index is 12.9. The van der Waals surface area contributed by atoms with Gasteiger partial charge in [-0.1, -0.05) is 46.6 Å². The number of nitrogen functional groups attached to an aromatic ring is 1.